The molecule has 1 amide bonds. The third-order valence-electron chi connectivity index (χ3n) is 4.19. The molecule has 7 nitrogen and oxygen atoms in total. The van der Waals surface area contributed by atoms with Crippen LogP contribution in [0.4, 0.5) is 22.7 Å². The molecule has 0 saturated carbocycles. The maximum absolute atomic E-state index is 11.7. The van der Waals surface area contributed by atoms with Crippen molar-refractivity contribution in [2.75, 3.05) is 36.5 Å². The van der Waals surface area contributed by atoms with E-state index in [4.69, 9.17) is 21.6 Å². The number of nitrogens with zero attached hydrogens (tertiary/aromatic N) is 4. The Bertz CT molecular complexity index is 911. The van der Waals surface area contributed by atoms with Gasteiger partial charge in [-0.2, -0.15) is 5.26 Å². The molecule has 0 heterocycles. The second kappa shape index (κ2) is 12.6. The SMILES string of the molecule is CCOCCCN(CCC#N)c1ccc(N=Nc2ccccc2Cl)c(NC(C)=O)c1. The van der Waals surface area contributed by atoms with Gasteiger partial charge in [-0.05, 0) is 43.7 Å². The van der Waals surface area contributed by atoms with Crippen LogP contribution in [0.15, 0.2) is 52.7 Å². The maximum Gasteiger partial charge on any atom is 0.221 e. The van der Waals surface area contributed by atoms with E-state index in [1.807, 2.05) is 31.2 Å². The van der Waals surface area contributed by atoms with E-state index in [0.29, 0.717) is 48.3 Å². The van der Waals surface area contributed by atoms with Crippen LogP contribution < -0.4 is 10.2 Å². The van der Waals surface area contributed by atoms with Gasteiger partial charge in [0.15, 0.2) is 0 Å². The van der Waals surface area contributed by atoms with Crippen LogP contribution in [0, 0.1) is 11.3 Å². The molecule has 0 aliphatic heterocycles. The lowest BCUT2D eigenvalue weighted by atomic mass is 10.2. The molecule has 2 rings (SSSR count). The van der Waals surface area contributed by atoms with E-state index >= 15 is 0 Å². The van der Waals surface area contributed by atoms with Gasteiger partial charge in [-0.15, -0.1) is 10.2 Å². The van der Waals surface area contributed by atoms with Gasteiger partial charge in [-0.3, -0.25) is 4.79 Å². The number of carbonyl (C=O) groups is 1. The first-order valence-electron chi connectivity index (χ1n) is 9.82. The first-order chi connectivity index (χ1) is 14.5. The van der Waals surface area contributed by atoms with Crippen LogP contribution >= 0.6 is 11.6 Å². The van der Waals surface area contributed by atoms with Crippen molar-refractivity contribution in [3.63, 3.8) is 0 Å². The molecule has 158 valence electrons. The van der Waals surface area contributed by atoms with Crippen molar-refractivity contribution in [2.45, 2.75) is 26.7 Å². The van der Waals surface area contributed by atoms with Crippen molar-refractivity contribution in [2.24, 2.45) is 10.2 Å². The summed E-state index contributed by atoms with van der Waals surface area (Å²) in [5.41, 5.74) is 2.50. The lowest BCUT2D eigenvalue weighted by molar-refractivity contribution is -0.114. The van der Waals surface area contributed by atoms with Gasteiger partial charge in [-0.25, -0.2) is 0 Å². The number of anilines is 2. The van der Waals surface area contributed by atoms with Gasteiger partial charge in [0.25, 0.3) is 0 Å². The van der Waals surface area contributed by atoms with Crippen LogP contribution in [-0.2, 0) is 9.53 Å². The van der Waals surface area contributed by atoms with Gasteiger partial charge in [-0.1, -0.05) is 23.7 Å². The summed E-state index contributed by atoms with van der Waals surface area (Å²) in [6.07, 6.45) is 1.24. The van der Waals surface area contributed by atoms with E-state index < -0.39 is 0 Å². The first kappa shape index (κ1) is 23.3. The quantitative estimate of drug-likeness (QED) is 0.359. The summed E-state index contributed by atoms with van der Waals surface area (Å²) in [5.74, 6) is -0.207. The summed E-state index contributed by atoms with van der Waals surface area (Å²) in [4.78, 5) is 13.8. The van der Waals surface area contributed by atoms with Crippen LogP contribution in [0.25, 0.3) is 0 Å². The molecule has 0 spiro atoms. The van der Waals surface area contributed by atoms with Crippen molar-refractivity contribution >= 4 is 40.3 Å². The lowest BCUT2D eigenvalue weighted by Crippen LogP contribution is -2.26. The normalized spacial score (nSPS) is 10.7. The highest BCUT2D eigenvalue weighted by Gasteiger charge is 2.11. The van der Waals surface area contributed by atoms with E-state index in [1.165, 1.54) is 6.92 Å². The summed E-state index contributed by atoms with van der Waals surface area (Å²) in [6, 6.07) is 14.9. The number of rotatable bonds is 11. The molecule has 0 aliphatic rings. The third-order valence-corrected chi connectivity index (χ3v) is 4.51. The van der Waals surface area contributed by atoms with Gasteiger partial charge < -0.3 is 15.0 Å². The smallest absolute Gasteiger partial charge is 0.221 e. The highest BCUT2D eigenvalue weighted by atomic mass is 35.5. The number of azo groups is 1. The van der Waals surface area contributed by atoms with Crippen molar-refractivity contribution in [1.82, 2.24) is 0 Å². The Kier molecular flexibility index (Phi) is 9.78. The lowest BCUT2D eigenvalue weighted by Gasteiger charge is -2.24. The standard InChI is InChI=1S/C22H26ClN5O2/c1-3-30-15-7-14-28(13-6-12-24)18-10-11-21(22(16-18)25-17(2)29)27-26-20-9-5-4-8-19(20)23/h4-5,8-11,16H,3,6-7,13-15H2,1-2H3,(H,25,29). The molecular weight excluding hydrogens is 402 g/mol. The summed E-state index contributed by atoms with van der Waals surface area (Å²) in [7, 11) is 0. The van der Waals surface area contributed by atoms with Crippen LogP contribution in [-0.4, -0.2) is 32.2 Å². The van der Waals surface area contributed by atoms with Gasteiger partial charge in [0.05, 0.1) is 23.2 Å². The van der Waals surface area contributed by atoms with Crippen molar-refractivity contribution in [3.05, 3.63) is 47.5 Å². The Morgan fingerprint density at radius 1 is 1.20 bits per heavy atom. The van der Waals surface area contributed by atoms with Crippen molar-refractivity contribution in [1.29, 1.82) is 5.26 Å². The predicted octanol–water partition coefficient (Wildman–Crippen LogP) is 5.86. The number of halogens is 1. The van der Waals surface area contributed by atoms with Crippen molar-refractivity contribution in [3.8, 4) is 6.07 Å². The molecule has 2 aromatic carbocycles. The Morgan fingerprint density at radius 2 is 1.97 bits per heavy atom. The van der Waals surface area contributed by atoms with Crippen LogP contribution in [0.5, 0.6) is 0 Å². The zero-order chi connectivity index (χ0) is 21.8. The topological polar surface area (TPSA) is 90.1 Å². The molecule has 0 aliphatic carbocycles. The molecule has 30 heavy (non-hydrogen) atoms. The molecule has 8 heteroatoms. The van der Waals surface area contributed by atoms with Crippen molar-refractivity contribution < 1.29 is 9.53 Å². The third kappa shape index (κ3) is 7.47. The van der Waals surface area contributed by atoms with E-state index in [2.05, 4.69) is 26.5 Å². The molecule has 1 N–H and O–H groups in total. The minimum atomic E-state index is -0.207. The second-order valence-electron chi connectivity index (χ2n) is 6.48. The number of amides is 1. The number of hydrogen-bond donors (Lipinski definition) is 1. The number of nitrogens with one attached hydrogen (secondary N) is 1. The molecule has 0 aromatic heterocycles. The summed E-state index contributed by atoms with van der Waals surface area (Å²) >= 11 is 6.13. The van der Waals surface area contributed by atoms with E-state index in [9.17, 15) is 4.79 Å². The second-order valence-corrected chi connectivity index (χ2v) is 6.89. The zero-order valence-corrected chi connectivity index (χ0v) is 18.0. The fraction of sp³-hybridized carbons (Fsp3) is 0.364. The Labute approximate surface area is 182 Å². The fourth-order valence-corrected chi connectivity index (χ4v) is 2.97. The summed E-state index contributed by atoms with van der Waals surface area (Å²) < 4.78 is 5.42. The number of carbonyl (C=O) groups excluding carboxylic acids is 1. The van der Waals surface area contributed by atoms with Gasteiger partial charge >= 0.3 is 0 Å². The highest BCUT2D eigenvalue weighted by Crippen LogP contribution is 2.33. The minimum absolute atomic E-state index is 0.207. The Balaban J connectivity index is 2.28. The largest absolute Gasteiger partial charge is 0.382 e. The van der Waals surface area contributed by atoms with E-state index in [-0.39, 0.29) is 5.91 Å². The fourth-order valence-electron chi connectivity index (χ4n) is 2.80. The van der Waals surface area contributed by atoms with Crippen LogP contribution in [0.2, 0.25) is 5.02 Å². The Morgan fingerprint density at radius 3 is 2.67 bits per heavy atom. The molecule has 0 atom stereocenters. The highest BCUT2D eigenvalue weighted by molar-refractivity contribution is 6.32. The number of hydrogen-bond acceptors (Lipinski definition) is 6. The molecule has 0 fully saturated rings. The minimum Gasteiger partial charge on any atom is -0.382 e. The number of ether oxygens (including phenoxy) is 1. The van der Waals surface area contributed by atoms with Gasteiger partial charge in [0.2, 0.25) is 5.91 Å². The monoisotopic (exact) mass is 427 g/mol. The molecule has 0 bridgehead atoms. The molecule has 2 aromatic rings. The molecule has 0 saturated heterocycles. The van der Waals surface area contributed by atoms with E-state index in [0.717, 1.165) is 18.7 Å². The average molecular weight is 428 g/mol. The summed E-state index contributed by atoms with van der Waals surface area (Å²) in [5, 5.41) is 20.8. The zero-order valence-electron chi connectivity index (χ0n) is 17.3. The first-order valence-corrected chi connectivity index (χ1v) is 10.2. The van der Waals surface area contributed by atoms with Gasteiger partial charge in [0.1, 0.15) is 11.4 Å². The molecule has 0 radical (unpaired) electrons. The maximum atomic E-state index is 11.7. The predicted molar refractivity (Wildman–Crippen MR) is 120 cm³/mol. The number of nitriles is 1. The average Bonchev–Trinajstić information content (AvgIpc) is 2.73. The van der Waals surface area contributed by atoms with Crippen LogP contribution in [0.3, 0.4) is 0 Å². The van der Waals surface area contributed by atoms with Gasteiger partial charge in [0, 0.05) is 38.9 Å². The van der Waals surface area contributed by atoms with Crippen LogP contribution in [0.1, 0.15) is 26.7 Å². The van der Waals surface area contributed by atoms with E-state index in [1.54, 1.807) is 18.2 Å². The molecular formula is C22H26ClN5O2. The molecule has 0 unspecified atom stereocenters. The Hall–Kier alpha value is -2.95. The summed E-state index contributed by atoms with van der Waals surface area (Å²) in [6.45, 7) is 6.06. The number of benzene rings is 2.